The van der Waals surface area contributed by atoms with Crippen molar-refractivity contribution >= 4 is 28.9 Å². The molecule has 0 radical (unpaired) electrons. The van der Waals surface area contributed by atoms with Crippen molar-refractivity contribution in [3.8, 4) is 0 Å². The molecule has 0 spiro atoms. The summed E-state index contributed by atoms with van der Waals surface area (Å²) >= 11 is 5.89. The molecule has 0 bridgehead atoms. The zero-order chi connectivity index (χ0) is 13.3. The van der Waals surface area contributed by atoms with E-state index in [1.165, 1.54) is 6.07 Å². The molecule has 1 aliphatic rings. The van der Waals surface area contributed by atoms with Crippen molar-refractivity contribution in [2.24, 2.45) is 5.92 Å². The fraction of sp³-hybridized carbons (Fsp3) is 0.417. The molecule has 3 nitrogen and oxygen atoms in total. The van der Waals surface area contributed by atoms with E-state index in [-0.39, 0.29) is 12.8 Å². The van der Waals surface area contributed by atoms with Gasteiger partial charge in [-0.1, -0.05) is 11.6 Å². The van der Waals surface area contributed by atoms with E-state index in [2.05, 4.69) is 5.32 Å². The summed E-state index contributed by atoms with van der Waals surface area (Å²) in [6, 6.07) is 4.65. The molecule has 3 N–H and O–H groups in total. The standard InChI is InChI=1S/C12H13ClF2N2O/c13-9-5-8(16)1-2-10(9)17-11(18)7-3-4-12(14,15)6-7/h1-2,5,7H,3-4,6,16H2,(H,17,18). The number of nitrogens with one attached hydrogen (secondary N) is 1. The number of anilines is 2. The highest BCUT2D eigenvalue weighted by molar-refractivity contribution is 6.34. The van der Waals surface area contributed by atoms with Gasteiger partial charge >= 0.3 is 0 Å². The molecule has 1 atom stereocenters. The lowest BCUT2D eigenvalue weighted by Gasteiger charge is -2.12. The van der Waals surface area contributed by atoms with Crippen LogP contribution in [-0.4, -0.2) is 11.8 Å². The smallest absolute Gasteiger partial charge is 0.248 e. The minimum Gasteiger partial charge on any atom is -0.399 e. The molecule has 18 heavy (non-hydrogen) atoms. The van der Waals surface area contributed by atoms with E-state index in [4.69, 9.17) is 17.3 Å². The van der Waals surface area contributed by atoms with Gasteiger partial charge in [0.1, 0.15) is 0 Å². The Morgan fingerprint density at radius 3 is 2.78 bits per heavy atom. The van der Waals surface area contributed by atoms with Gasteiger partial charge in [0.2, 0.25) is 11.8 Å². The number of alkyl halides is 2. The second-order valence-corrected chi connectivity index (χ2v) is 4.93. The lowest BCUT2D eigenvalue weighted by atomic mass is 10.1. The van der Waals surface area contributed by atoms with Crippen LogP contribution in [0.5, 0.6) is 0 Å². The van der Waals surface area contributed by atoms with Crippen molar-refractivity contribution in [2.75, 3.05) is 11.1 Å². The van der Waals surface area contributed by atoms with Gasteiger partial charge in [0, 0.05) is 24.4 Å². The van der Waals surface area contributed by atoms with Gasteiger partial charge in [-0.3, -0.25) is 4.79 Å². The Hall–Kier alpha value is -1.36. The maximum absolute atomic E-state index is 13.0. The summed E-state index contributed by atoms with van der Waals surface area (Å²) in [5.41, 5.74) is 6.39. The van der Waals surface area contributed by atoms with Crippen molar-refractivity contribution < 1.29 is 13.6 Å². The third-order valence-corrected chi connectivity index (χ3v) is 3.34. The lowest BCUT2D eigenvalue weighted by molar-refractivity contribution is -0.120. The number of carbonyl (C=O) groups is 1. The Bertz CT molecular complexity index is 479. The van der Waals surface area contributed by atoms with Crippen molar-refractivity contribution in [1.29, 1.82) is 0 Å². The molecule has 2 rings (SSSR count). The quantitative estimate of drug-likeness (QED) is 0.813. The van der Waals surface area contributed by atoms with E-state index in [1.54, 1.807) is 12.1 Å². The predicted molar refractivity (Wildman–Crippen MR) is 66.8 cm³/mol. The second kappa shape index (κ2) is 4.72. The van der Waals surface area contributed by atoms with Gasteiger partial charge in [-0.15, -0.1) is 0 Å². The molecule has 1 unspecified atom stereocenters. The van der Waals surface area contributed by atoms with Gasteiger partial charge in [-0.2, -0.15) is 0 Å². The zero-order valence-electron chi connectivity index (χ0n) is 9.55. The molecule has 0 aromatic heterocycles. The van der Waals surface area contributed by atoms with Gasteiger partial charge in [0.15, 0.2) is 0 Å². The van der Waals surface area contributed by atoms with Gasteiger partial charge in [-0.05, 0) is 24.6 Å². The molecule has 1 fully saturated rings. The van der Waals surface area contributed by atoms with Crippen molar-refractivity contribution in [1.82, 2.24) is 0 Å². The topological polar surface area (TPSA) is 55.1 Å². The first-order valence-electron chi connectivity index (χ1n) is 5.61. The Morgan fingerprint density at radius 2 is 2.22 bits per heavy atom. The average Bonchev–Trinajstić information content (AvgIpc) is 2.63. The summed E-state index contributed by atoms with van der Waals surface area (Å²) in [5.74, 6) is -3.81. The van der Waals surface area contributed by atoms with Crippen LogP contribution < -0.4 is 11.1 Å². The minimum atomic E-state index is -2.73. The highest BCUT2D eigenvalue weighted by Crippen LogP contribution is 2.39. The van der Waals surface area contributed by atoms with Crippen LogP contribution in [0.25, 0.3) is 0 Å². The van der Waals surface area contributed by atoms with Gasteiger partial charge in [0.25, 0.3) is 0 Å². The summed E-state index contributed by atoms with van der Waals surface area (Å²) in [4.78, 5) is 11.8. The van der Waals surface area contributed by atoms with Crippen LogP contribution in [0.4, 0.5) is 20.2 Å². The minimum absolute atomic E-state index is 0.200. The van der Waals surface area contributed by atoms with Crippen LogP contribution in [0.2, 0.25) is 5.02 Å². The molecule has 0 saturated heterocycles. The number of hydrogen-bond donors (Lipinski definition) is 2. The Kier molecular flexibility index (Phi) is 3.43. The van der Waals surface area contributed by atoms with Crippen molar-refractivity contribution in [3.63, 3.8) is 0 Å². The number of halogens is 3. The third-order valence-electron chi connectivity index (χ3n) is 3.03. The molecule has 1 amide bonds. The SMILES string of the molecule is Nc1ccc(NC(=O)C2CCC(F)(F)C2)c(Cl)c1. The molecule has 1 aliphatic carbocycles. The van der Waals surface area contributed by atoms with Crippen molar-refractivity contribution in [2.45, 2.75) is 25.2 Å². The number of nitrogens with two attached hydrogens (primary N) is 1. The summed E-state index contributed by atoms with van der Waals surface area (Å²) in [7, 11) is 0. The highest BCUT2D eigenvalue weighted by Gasteiger charge is 2.42. The van der Waals surface area contributed by atoms with E-state index in [1.807, 2.05) is 0 Å². The Labute approximate surface area is 108 Å². The Balaban J connectivity index is 2.04. The first kappa shape index (κ1) is 13.1. The Morgan fingerprint density at radius 1 is 1.50 bits per heavy atom. The van der Waals surface area contributed by atoms with Crippen LogP contribution in [-0.2, 0) is 4.79 Å². The number of rotatable bonds is 2. The summed E-state index contributed by atoms with van der Waals surface area (Å²) in [5, 5.41) is 2.86. The van der Waals surface area contributed by atoms with Crippen LogP contribution in [0.1, 0.15) is 19.3 Å². The van der Waals surface area contributed by atoms with Crippen LogP contribution in [0.3, 0.4) is 0 Å². The van der Waals surface area contributed by atoms with Gasteiger partial charge in [0.05, 0.1) is 10.7 Å². The molecular weight excluding hydrogens is 262 g/mol. The largest absolute Gasteiger partial charge is 0.399 e. The van der Waals surface area contributed by atoms with Gasteiger partial charge in [-0.25, -0.2) is 8.78 Å². The molecule has 6 heteroatoms. The number of carbonyl (C=O) groups excluding carboxylic acids is 1. The molecular formula is C12H13ClF2N2O. The first-order valence-corrected chi connectivity index (χ1v) is 5.99. The molecule has 0 aliphatic heterocycles. The van der Waals surface area contributed by atoms with Crippen LogP contribution in [0, 0.1) is 5.92 Å². The maximum atomic E-state index is 13.0. The number of nitrogen functional groups attached to an aromatic ring is 1. The molecule has 1 aromatic carbocycles. The highest BCUT2D eigenvalue weighted by atomic mass is 35.5. The van der Waals surface area contributed by atoms with Crippen molar-refractivity contribution in [3.05, 3.63) is 23.2 Å². The number of amides is 1. The molecule has 0 heterocycles. The fourth-order valence-electron chi connectivity index (χ4n) is 2.04. The van der Waals surface area contributed by atoms with E-state index in [9.17, 15) is 13.6 Å². The fourth-order valence-corrected chi connectivity index (χ4v) is 2.28. The lowest BCUT2D eigenvalue weighted by Crippen LogP contribution is -2.22. The van der Waals surface area contributed by atoms with E-state index in [0.717, 1.165) is 0 Å². The monoisotopic (exact) mass is 274 g/mol. The number of hydrogen-bond acceptors (Lipinski definition) is 2. The van der Waals surface area contributed by atoms with E-state index in [0.29, 0.717) is 16.4 Å². The van der Waals surface area contributed by atoms with E-state index >= 15 is 0 Å². The molecule has 1 saturated carbocycles. The van der Waals surface area contributed by atoms with Crippen LogP contribution >= 0.6 is 11.6 Å². The third kappa shape index (κ3) is 2.90. The van der Waals surface area contributed by atoms with E-state index < -0.39 is 24.2 Å². The summed E-state index contributed by atoms with van der Waals surface area (Å²) < 4.78 is 26.0. The maximum Gasteiger partial charge on any atom is 0.248 e. The zero-order valence-corrected chi connectivity index (χ0v) is 10.3. The average molecular weight is 275 g/mol. The normalized spacial score (nSPS) is 21.8. The molecule has 98 valence electrons. The predicted octanol–water partition coefficient (Wildman–Crippen LogP) is 3.30. The van der Waals surface area contributed by atoms with Crippen LogP contribution in [0.15, 0.2) is 18.2 Å². The second-order valence-electron chi connectivity index (χ2n) is 4.52. The molecule has 1 aromatic rings. The number of benzene rings is 1. The summed E-state index contributed by atoms with van der Waals surface area (Å²) in [6.45, 7) is 0. The van der Waals surface area contributed by atoms with Gasteiger partial charge < -0.3 is 11.1 Å². The summed E-state index contributed by atoms with van der Waals surface area (Å²) in [6.07, 6.45) is -0.433. The first-order chi connectivity index (χ1) is 8.37.